The van der Waals surface area contributed by atoms with Crippen LogP contribution in [-0.2, 0) is 0 Å². The normalized spacial score (nSPS) is 15.9. The fourth-order valence-corrected chi connectivity index (χ4v) is 4.61. The van der Waals surface area contributed by atoms with Gasteiger partial charge >= 0.3 is 0 Å². The van der Waals surface area contributed by atoms with Gasteiger partial charge in [0.15, 0.2) is 4.96 Å². The van der Waals surface area contributed by atoms with E-state index in [1.54, 1.807) is 12.1 Å². The van der Waals surface area contributed by atoms with Crippen molar-refractivity contribution < 1.29 is 9.18 Å². The molecule has 1 aliphatic rings. The Morgan fingerprint density at radius 3 is 2.54 bits per heavy atom. The molecule has 3 aromatic rings. The zero-order valence-corrected chi connectivity index (χ0v) is 15.6. The van der Waals surface area contributed by atoms with E-state index in [0.29, 0.717) is 0 Å². The smallest absolute Gasteiger partial charge is 0.263 e. The van der Waals surface area contributed by atoms with Gasteiger partial charge in [-0.25, -0.2) is 9.37 Å². The van der Waals surface area contributed by atoms with Gasteiger partial charge in [0.05, 0.1) is 5.69 Å². The number of thiazole rings is 1. The summed E-state index contributed by atoms with van der Waals surface area (Å²) in [7, 11) is 0. The number of halogens is 1. The van der Waals surface area contributed by atoms with Crippen LogP contribution in [0.5, 0.6) is 0 Å². The van der Waals surface area contributed by atoms with Gasteiger partial charge in [0.25, 0.3) is 5.91 Å². The second-order valence-corrected chi connectivity index (χ2v) is 7.94. The van der Waals surface area contributed by atoms with Crippen molar-refractivity contribution in [3.05, 3.63) is 46.9 Å². The fourth-order valence-electron chi connectivity index (χ4n) is 3.60. The van der Waals surface area contributed by atoms with E-state index in [0.717, 1.165) is 39.6 Å². The molecule has 2 aromatic heterocycles. The summed E-state index contributed by atoms with van der Waals surface area (Å²) in [6, 6.07) is 6.59. The molecule has 0 bridgehead atoms. The van der Waals surface area contributed by atoms with E-state index >= 15 is 0 Å². The third-order valence-electron chi connectivity index (χ3n) is 5.09. The van der Waals surface area contributed by atoms with Crippen molar-refractivity contribution in [3.63, 3.8) is 0 Å². The lowest BCUT2D eigenvalue weighted by molar-refractivity contribution is 0.0936. The summed E-state index contributed by atoms with van der Waals surface area (Å²) >= 11 is 1.41. The number of carbonyl (C=O) groups is 1. The van der Waals surface area contributed by atoms with Crippen molar-refractivity contribution in [3.8, 4) is 11.3 Å². The van der Waals surface area contributed by atoms with Crippen LogP contribution in [0.2, 0.25) is 0 Å². The van der Waals surface area contributed by atoms with Gasteiger partial charge in [-0.15, -0.1) is 0 Å². The number of imidazole rings is 1. The Morgan fingerprint density at radius 1 is 1.19 bits per heavy atom. The average molecular weight is 371 g/mol. The van der Waals surface area contributed by atoms with Crippen LogP contribution in [-0.4, -0.2) is 21.3 Å². The average Bonchev–Trinajstić information content (AvgIpc) is 3.06. The van der Waals surface area contributed by atoms with Gasteiger partial charge in [0.1, 0.15) is 10.7 Å². The van der Waals surface area contributed by atoms with Gasteiger partial charge in [-0.1, -0.05) is 37.0 Å². The van der Waals surface area contributed by atoms with E-state index in [-0.39, 0.29) is 17.8 Å². The topological polar surface area (TPSA) is 46.4 Å². The maximum Gasteiger partial charge on any atom is 0.263 e. The maximum atomic E-state index is 13.1. The molecule has 0 radical (unpaired) electrons. The van der Waals surface area contributed by atoms with E-state index < -0.39 is 0 Å². The number of rotatable bonds is 3. The van der Waals surface area contributed by atoms with Crippen LogP contribution < -0.4 is 5.32 Å². The van der Waals surface area contributed by atoms with Crippen LogP contribution in [0.15, 0.2) is 30.5 Å². The van der Waals surface area contributed by atoms with Gasteiger partial charge in [0.2, 0.25) is 0 Å². The van der Waals surface area contributed by atoms with Crippen LogP contribution in [0.4, 0.5) is 4.39 Å². The van der Waals surface area contributed by atoms with Crippen molar-refractivity contribution >= 4 is 22.2 Å². The highest BCUT2D eigenvalue weighted by atomic mass is 32.1. The minimum absolute atomic E-state index is 0.00762. The number of nitrogens with one attached hydrogen (secondary N) is 1. The highest BCUT2D eigenvalue weighted by Crippen LogP contribution is 2.28. The van der Waals surface area contributed by atoms with Gasteiger partial charge in [-0.05, 0) is 44.0 Å². The number of aromatic nitrogens is 2. The summed E-state index contributed by atoms with van der Waals surface area (Å²) in [6.45, 7) is 1.95. The summed E-state index contributed by atoms with van der Waals surface area (Å²) in [5, 5.41) is 3.21. The number of nitrogens with zero attached hydrogens (tertiary/aromatic N) is 2. The molecule has 0 atom stereocenters. The molecule has 0 unspecified atom stereocenters. The van der Waals surface area contributed by atoms with Gasteiger partial charge in [-0.2, -0.15) is 0 Å². The second-order valence-electron chi connectivity index (χ2n) is 6.96. The Labute approximate surface area is 156 Å². The lowest BCUT2D eigenvalue weighted by atomic mass is 10.1. The predicted octanol–water partition coefficient (Wildman–Crippen LogP) is 4.96. The molecule has 6 heteroatoms. The molecule has 1 aromatic carbocycles. The minimum atomic E-state index is -0.261. The molecule has 136 valence electrons. The Balaban J connectivity index is 1.57. The Hall–Kier alpha value is -2.21. The number of benzene rings is 1. The third kappa shape index (κ3) is 3.38. The zero-order valence-electron chi connectivity index (χ0n) is 14.8. The predicted molar refractivity (Wildman–Crippen MR) is 102 cm³/mol. The lowest BCUT2D eigenvalue weighted by Gasteiger charge is -2.15. The van der Waals surface area contributed by atoms with Crippen LogP contribution in [0.25, 0.3) is 16.2 Å². The molecule has 1 N–H and O–H groups in total. The summed E-state index contributed by atoms with van der Waals surface area (Å²) < 4.78 is 15.1. The molecule has 0 aliphatic heterocycles. The zero-order chi connectivity index (χ0) is 18.1. The van der Waals surface area contributed by atoms with E-state index in [1.165, 1.54) is 49.2 Å². The summed E-state index contributed by atoms with van der Waals surface area (Å²) in [6.07, 6.45) is 8.98. The van der Waals surface area contributed by atoms with Gasteiger partial charge < -0.3 is 5.32 Å². The van der Waals surface area contributed by atoms with Crippen LogP contribution in [0, 0.1) is 12.7 Å². The van der Waals surface area contributed by atoms with Crippen molar-refractivity contribution in [2.45, 2.75) is 51.5 Å². The molecule has 1 aliphatic carbocycles. The van der Waals surface area contributed by atoms with Gasteiger partial charge in [0, 0.05) is 23.5 Å². The molecule has 4 rings (SSSR count). The highest BCUT2D eigenvalue weighted by molar-refractivity contribution is 7.19. The summed E-state index contributed by atoms with van der Waals surface area (Å²) in [4.78, 5) is 18.8. The standard InChI is InChI=1S/C20H22FN3OS/c1-13-18(19(25)22-16-6-4-2-3-5-7-16)26-20-23-17(12-24(13)20)14-8-10-15(21)11-9-14/h8-12,16H,2-7H2,1H3,(H,22,25). The quantitative estimate of drug-likeness (QED) is 0.661. The minimum Gasteiger partial charge on any atom is -0.349 e. The first-order chi connectivity index (χ1) is 12.6. The number of amides is 1. The Bertz CT molecular complexity index is 921. The molecule has 26 heavy (non-hydrogen) atoms. The largest absolute Gasteiger partial charge is 0.349 e. The van der Waals surface area contributed by atoms with Crippen LogP contribution in [0.1, 0.15) is 53.9 Å². The molecule has 1 saturated carbocycles. The molecular weight excluding hydrogens is 349 g/mol. The fraction of sp³-hybridized carbons (Fsp3) is 0.400. The molecule has 2 heterocycles. The second kappa shape index (κ2) is 7.19. The van der Waals surface area contributed by atoms with E-state index in [4.69, 9.17) is 0 Å². The number of aryl methyl sites for hydroxylation is 1. The Morgan fingerprint density at radius 2 is 1.88 bits per heavy atom. The molecule has 0 spiro atoms. The third-order valence-corrected chi connectivity index (χ3v) is 6.25. The van der Waals surface area contributed by atoms with E-state index in [1.807, 2.05) is 17.5 Å². The lowest BCUT2D eigenvalue weighted by Crippen LogP contribution is -2.34. The van der Waals surface area contributed by atoms with Crippen LogP contribution in [0.3, 0.4) is 0 Å². The maximum absolute atomic E-state index is 13.1. The molecule has 1 fully saturated rings. The van der Waals surface area contributed by atoms with Crippen molar-refractivity contribution in [2.75, 3.05) is 0 Å². The van der Waals surface area contributed by atoms with E-state index in [9.17, 15) is 9.18 Å². The molecule has 1 amide bonds. The Kier molecular flexibility index (Phi) is 4.76. The summed E-state index contributed by atoms with van der Waals surface area (Å²) in [5.41, 5.74) is 2.55. The summed E-state index contributed by atoms with van der Waals surface area (Å²) in [5.74, 6) is -0.253. The number of hydrogen-bond acceptors (Lipinski definition) is 3. The monoisotopic (exact) mass is 371 g/mol. The number of carbonyl (C=O) groups excluding carboxylic acids is 1. The van der Waals surface area contributed by atoms with Gasteiger partial charge in [-0.3, -0.25) is 9.20 Å². The SMILES string of the molecule is Cc1c(C(=O)NC2CCCCCC2)sc2nc(-c3ccc(F)cc3)cn12. The van der Waals surface area contributed by atoms with Crippen molar-refractivity contribution in [2.24, 2.45) is 0 Å². The highest BCUT2D eigenvalue weighted by Gasteiger charge is 2.21. The van der Waals surface area contributed by atoms with Crippen molar-refractivity contribution in [1.29, 1.82) is 0 Å². The molecule has 4 nitrogen and oxygen atoms in total. The molecular formula is C20H22FN3OS. The first-order valence-corrected chi connectivity index (χ1v) is 9.99. The first-order valence-electron chi connectivity index (χ1n) is 9.17. The number of hydrogen-bond donors (Lipinski definition) is 1. The van der Waals surface area contributed by atoms with Crippen LogP contribution >= 0.6 is 11.3 Å². The first kappa shape index (κ1) is 17.2. The molecule has 0 saturated heterocycles. The van der Waals surface area contributed by atoms with E-state index in [2.05, 4.69) is 10.3 Å². The number of fused-ring (bicyclic) bond motifs is 1. The van der Waals surface area contributed by atoms with Crippen molar-refractivity contribution in [1.82, 2.24) is 14.7 Å².